The van der Waals surface area contributed by atoms with E-state index in [0.717, 1.165) is 11.3 Å². The van der Waals surface area contributed by atoms with Crippen molar-refractivity contribution in [1.29, 1.82) is 0 Å². The van der Waals surface area contributed by atoms with Gasteiger partial charge in [0, 0.05) is 11.3 Å². The van der Waals surface area contributed by atoms with E-state index in [4.69, 9.17) is 0 Å². The Balaban J connectivity index is 1.38. The molecule has 1 aliphatic rings. The molecule has 0 atom stereocenters. The molecule has 1 aliphatic heterocycles. The minimum Gasteiger partial charge on any atom is -0.314 e. The molecule has 142 valence electrons. The smallest absolute Gasteiger partial charge is 0.314 e. The van der Waals surface area contributed by atoms with Gasteiger partial charge in [-0.25, -0.2) is 9.18 Å². The Morgan fingerprint density at radius 3 is 2.68 bits per heavy atom. The van der Waals surface area contributed by atoms with Gasteiger partial charge in [-0.05, 0) is 29.8 Å². The number of aromatic amines is 1. The molecule has 3 N–H and O–H groups in total. The Morgan fingerprint density at radius 2 is 1.89 bits per heavy atom. The van der Waals surface area contributed by atoms with Crippen LogP contribution in [-0.2, 0) is 24.3 Å². The highest BCUT2D eigenvalue weighted by Crippen LogP contribution is 2.27. The van der Waals surface area contributed by atoms with Gasteiger partial charge >= 0.3 is 6.03 Å². The van der Waals surface area contributed by atoms with Crippen LogP contribution in [0.5, 0.6) is 0 Å². The predicted octanol–water partition coefficient (Wildman–Crippen LogP) is 3.28. The second kappa shape index (κ2) is 7.51. The topological polar surface area (TPSA) is 90.1 Å². The summed E-state index contributed by atoms with van der Waals surface area (Å²) < 4.78 is 13.3. The third kappa shape index (κ3) is 3.85. The summed E-state index contributed by atoms with van der Waals surface area (Å²) in [6, 6.07) is 14.9. The number of H-pyrrole nitrogens is 1. The van der Waals surface area contributed by atoms with Crippen molar-refractivity contribution < 1.29 is 14.0 Å². The molecule has 0 radical (unpaired) electrons. The van der Waals surface area contributed by atoms with Crippen molar-refractivity contribution in [3.8, 4) is 0 Å². The van der Waals surface area contributed by atoms with Gasteiger partial charge in [0.25, 0.3) is 0 Å². The monoisotopic (exact) mass is 379 g/mol. The summed E-state index contributed by atoms with van der Waals surface area (Å²) in [5.41, 5.74) is 2.85. The maximum absolute atomic E-state index is 13.3. The van der Waals surface area contributed by atoms with E-state index in [1.807, 2.05) is 30.3 Å². The minimum atomic E-state index is -0.383. The number of para-hydroxylation sites is 1. The molecule has 0 bridgehead atoms. The van der Waals surface area contributed by atoms with E-state index in [-0.39, 0.29) is 24.2 Å². The van der Waals surface area contributed by atoms with Crippen molar-refractivity contribution in [2.75, 3.05) is 10.6 Å². The number of rotatable bonds is 4. The van der Waals surface area contributed by atoms with Gasteiger partial charge in [0.15, 0.2) is 5.82 Å². The van der Waals surface area contributed by atoms with Crippen molar-refractivity contribution in [2.45, 2.75) is 19.5 Å². The van der Waals surface area contributed by atoms with Crippen molar-refractivity contribution in [3.05, 3.63) is 77.2 Å². The van der Waals surface area contributed by atoms with Crippen LogP contribution in [0.3, 0.4) is 0 Å². The number of benzene rings is 2. The van der Waals surface area contributed by atoms with Crippen LogP contribution < -0.4 is 10.6 Å². The lowest BCUT2D eigenvalue weighted by Gasteiger charge is -2.16. The zero-order valence-corrected chi connectivity index (χ0v) is 14.9. The molecule has 7 nitrogen and oxygen atoms in total. The lowest BCUT2D eigenvalue weighted by Crippen LogP contribution is -2.30. The van der Waals surface area contributed by atoms with E-state index in [0.29, 0.717) is 30.2 Å². The standard InChI is InChI=1S/C20H18FN5O2/c21-14-6-4-5-13(9-14)10-18(27)23-19-16-11-26(12-17(16)24-25-19)20(28)22-15-7-2-1-3-8-15/h1-9H,10-12H2,(H,22,28)(H2,23,24,25,27). The van der Waals surface area contributed by atoms with Gasteiger partial charge in [-0.3, -0.25) is 9.89 Å². The van der Waals surface area contributed by atoms with E-state index in [2.05, 4.69) is 20.8 Å². The molecule has 4 rings (SSSR count). The van der Waals surface area contributed by atoms with Crippen LogP contribution in [0, 0.1) is 5.82 Å². The average molecular weight is 379 g/mol. The summed E-state index contributed by atoms with van der Waals surface area (Å²) in [4.78, 5) is 26.3. The molecule has 28 heavy (non-hydrogen) atoms. The number of aromatic nitrogens is 2. The van der Waals surface area contributed by atoms with Crippen molar-refractivity contribution in [3.63, 3.8) is 0 Å². The lowest BCUT2D eigenvalue weighted by molar-refractivity contribution is -0.115. The van der Waals surface area contributed by atoms with Crippen molar-refractivity contribution >= 4 is 23.4 Å². The van der Waals surface area contributed by atoms with Crippen LogP contribution in [0.1, 0.15) is 16.8 Å². The molecule has 0 aliphatic carbocycles. The van der Waals surface area contributed by atoms with E-state index < -0.39 is 0 Å². The number of anilines is 2. The van der Waals surface area contributed by atoms with Gasteiger partial charge < -0.3 is 15.5 Å². The number of fused-ring (bicyclic) bond motifs is 1. The number of carbonyl (C=O) groups is 2. The highest BCUT2D eigenvalue weighted by atomic mass is 19.1. The normalized spacial score (nSPS) is 12.5. The fraction of sp³-hybridized carbons (Fsp3) is 0.150. The van der Waals surface area contributed by atoms with Gasteiger partial charge in [0.1, 0.15) is 5.82 Å². The Labute approximate surface area is 160 Å². The third-order valence-electron chi connectivity index (χ3n) is 4.47. The molecule has 0 saturated heterocycles. The van der Waals surface area contributed by atoms with Gasteiger partial charge in [0.2, 0.25) is 5.91 Å². The molecule has 0 saturated carbocycles. The maximum atomic E-state index is 13.3. The molecule has 1 aromatic heterocycles. The molecule has 0 spiro atoms. The molecule has 0 unspecified atom stereocenters. The molecule has 3 amide bonds. The largest absolute Gasteiger partial charge is 0.322 e. The number of nitrogens with zero attached hydrogens (tertiary/aromatic N) is 2. The number of nitrogens with one attached hydrogen (secondary N) is 3. The highest BCUT2D eigenvalue weighted by molar-refractivity contribution is 5.93. The average Bonchev–Trinajstić information content (AvgIpc) is 3.25. The minimum absolute atomic E-state index is 0.0393. The van der Waals surface area contributed by atoms with Crippen LogP contribution in [0.4, 0.5) is 20.7 Å². The molecule has 2 aromatic carbocycles. The molecule has 3 aromatic rings. The predicted molar refractivity (Wildman–Crippen MR) is 102 cm³/mol. The summed E-state index contributed by atoms with van der Waals surface area (Å²) in [6.07, 6.45) is 0.0393. The number of hydrogen-bond acceptors (Lipinski definition) is 3. The zero-order chi connectivity index (χ0) is 19.5. The number of halogens is 1. The first-order valence-electron chi connectivity index (χ1n) is 8.80. The van der Waals surface area contributed by atoms with Gasteiger partial charge in [-0.2, -0.15) is 5.10 Å². The number of carbonyl (C=O) groups excluding carboxylic acids is 2. The summed E-state index contributed by atoms with van der Waals surface area (Å²) in [5, 5.41) is 12.6. The van der Waals surface area contributed by atoms with Gasteiger partial charge in [0.05, 0.1) is 25.2 Å². The van der Waals surface area contributed by atoms with E-state index in [1.165, 1.54) is 12.1 Å². The molecule has 2 heterocycles. The molecule has 0 fully saturated rings. The fourth-order valence-corrected chi connectivity index (χ4v) is 3.12. The third-order valence-corrected chi connectivity index (χ3v) is 4.47. The Bertz CT molecular complexity index is 1020. The van der Waals surface area contributed by atoms with Crippen LogP contribution in [-0.4, -0.2) is 27.0 Å². The number of urea groups is 1. The van der Waals surface area contributed by atoms with Crippen LogP contribution in [0.2, 0.25) is 0 Å². The van der Waals surface area contributed by atoms with Gasteiger partial charge in [-0.1, -0.05) is 30.3 Å². The molecular formula is C20H18FN5O2. The summed E-state index contributed by atoms with van der Waals surface area (Å²) in [7, 11) is 0. The van der Waals surface area contributed by atoms with Crippen LogP contribution in [0.25, 0.3) is 0 Å². The second-order valence-electron chi connectivity index (χ2n) is 6.54. The first-order valence-corrected chi connectivity index (χ1v) is 8.80. The first kappa shape index (κ1) is 17.7. The Morgan fingerprint density at radius 1 is 1.07 bits per heavy atom. The summed E-state index contributed by atoms with van der Waals surface area (Å²) in [6.45, 7) is 0.709. The van der Waals surface area contributed by atoms with Crippen LogP contribution >= 0.6 is 0 Å². The first-order chi connectivity index (χ1) is 13.6. The second-order valence-corrected chi connectivity index (χ2v) is 6.54. The summed E-state index contributed by atoms with van der Waals surface area (Å²) in [5.74, 6) is -0.287. The summed E-state index contributed by atoms with van der Waals surface area (Å²) >= 11 is 0. The van der Waals surface area contributed by atoms with Gasteiger partial charge in [-0.15, -0.1) is 0 Å². The Hall–Kier alpha value is -3.68. The Kier molecular flexibility index (Phi) is 4.76. The fourth-order valence-electron chi connectivity index (χ4n) is 3.12. The van der Waals surface area contributed by atoms with Crippen molar-refractivity contribution in [1.82, 2.24) is 15.1 Å². The lowest BCUT2D eigenvalue weighted by atomic mass is 10.1. The van der Waals surface area contributed by atoms with E-state index >= 15 is 0 Å². The van der Waals surface area contributed by atoms with Crippen molar-refractivity contribution in [2.24, 2.45) is 0 Å². The highest BCUT2D eigenvalue weighted by Gasteiger charge is 2.28. The quantitative estimate of drug-likeness (QED) is 0.650. The number of hydrogen-bond donors (Lipinski definition) is 3. The van der Waals surface area contributed by atoms with Crippen LogP contribution in [0.15, 0.2) is 54.6 Å². The SMILES string of the molecule is O=C(Cc1cccc(F)c1)Nc1n[nH]c2c1CN(C(=O)Nc1ccccc1)C2. The molecule has 8 heteroatoms. The molecular weight excluding hydrogens is 361 g/mol. The number of amides is 3. The van der Waals surface area contributed by atoms with E-state index in [9.17, 15) is 14.0 Å². The zero-order valence-electron chi connectivity index (χ0n) is 14.9. The maximum Gasteiger partial charge on any atom is 0.322 e. The van der Waals surface area contributed by atoms with E-state index in [1.54, 1.807) is 17.0 Å².